The van der Waals surface area contributed by atoms with Crippen LogP contribution in [-0.4, -0.2) is 70.4 Å². The van der Waals surface area contributed by atoms with Crippen molar-refractivity contribution in [2.75, 3.05) is 39.3 Å². The fraction of sp³-hybridized carbons (Fsp3) is 0.882. The van der Waals surface area contributed by atoms with Gasteiger partial charge in [-0.2, -0.15) is 4.98 Å². The molecule has 1 N–H and O–H groups in total. The van der Waals surface area contributed by atoms with Gasteiger partial charge >= 0.3 is 0 Å². The molecule has 2 fully saturated rings. The molecular weight excluding hydrogens is 292 g/mol. The van der Waals surface area contributed by atoms with Crippen molar-refractivity contribution in [3.8, 4) is 0 Å². The van der Waals surface area contributed by atoms with E-state index in [2.05, 4.69) is 26.9 Å². The minimum absolute atomic E-state index is 0.272. The van der Waals surface area contributed by atoms with Gasteiger partial charge in [0.2, 0.25) is 5.89 Å². The number of hydrogen-bond acceptors (Lipinski definition) is 6. The molecule has 0 bridgehead atoms. The van der Waals surface area contributed by atoms with Gasteiger partial charge in [0.05, 0.1) is 12.0 Å². The summed E-state index contributed by atoms with van der Waals surface area (Å²) in [6.45, 7) is 9.94. The van der Waals surface area contributed by atoms with Crippen LogP contribution in [0, 0.1) is 12.8 Å². The van der Waals surface area contributed by atoms with Crippen molar-refractivity contribution >= 4 is 0 Å². The molecule has 2 aliphatic rings. The summed E-state index contributed by atoms with van der Waals surface area (Å²) in [4.78, 5) is 9.14. The number of aromatic nitrogens is 2. The van der Waals surface area contributed by atoms with E-state index in [0.717, 1.165) is 63.9 Å². The maximum atomic E-state index is 10.4. The van der Waals surface area contributed by atoms with Crippen LogP contribution in [0.2, 0.25) is 0 Å². The van der Waals surface area contributed by atoms with Gasteiger partial charge in [-0.1, -0.05) is 12.1 Å². The second-order valence-corrected chi connectivity index (χ2v) is 7.42. The van der Waals surface area contributed by atoms with Crippen molar-refractivity contribution in [2.24, 2.45) is 5.92 Å². The third kappa shape index (κ3) is 4.75. The summed E-state index contributed by atoms with van der Waals surface area (Å²) in [5.74, 6) is 2.61. The van der Waals surface area contributed by atoms with Gasteiger partial charge in [-0.15, -0.1) is 0 Å². The monoisotopic (exact) mass is 322 g/mol. The molecule has 6 heteroatoms. The van der Waals surface area contributed by atoms with E-state index in [1.54, 1.807) is 0 Å². The molecular formula is C17H30N4O2. The Hall–Kier alpha value is -0.980. The van der Waals surface area contributed by atoms with E-state index in [4.69, 9.17) is 4.52 Å². The van der Waals surface area contributed by atoms with Gasteiger partial charge in [0.15, 0.2) is 5.82 Å². The first-order chi connectivity index (χ1) is 11.1. The average Bonchev–Trinajstić information content (AvgIpc) is 2.96. The number of likely N-dealkylation sites (tertiary alicyclic amines) is 2. The third-order valence-electron chi connectivity index (χ3n) is 5.21. The zero-order valence-corrected chi connectivity index (χ0v) is 14.4. The van der Waals surface area contributed by atoms with E-state index >= 15 is 0 Å². The van der Waals surface area contributed by atoms with Crippen LogP contribution in [0.4, 0.5) is 0 Å². The number of aryl methyl sites for hydroxylation is 1. The Morgan fingerprint density at radius 1 is 1.17 bits per heavy atom. The highest BCUT2D eigenvalue weighted by Gasteiger charge is 2.27. The van der Waals surface area contributed by atoms with Gasteiger partial charge in [0, 0.05) is 19.6 Å². The molecule has 2 aliphatic heterocycles. The Kier molecular flexibility index (Phi) is 5.67. The maximum absolute atomic E-state index is 10.4. The van der Waals surface area contributed by atoms with Crippen LogP contribution >= 0.6 is 0 Å². The molecule has 0 aliphatic carbocycles. The Morgan fingerprint density at radius 3 is 2.61 bits per heavy atom. The summed E-state index contributed by atoms with van der Waals surface area (Å²) < 4.78 is 5.33. The number of piperidine rings is 2. The van der Waals surface area contributed by atoms with E-state index in [1.165, 1.54) is 12.8 Å². The fourth-order valence-corrected chi connectivity index (χ4v) is 3.80. The van der Waals surface area contributed by atoms with Gasteiger partial charge < -0.3 is 14.5 Å². The summed E-state index contributed by atoms with van der Waals surface area (Å²) in [6, 6.07) is 0. The van der Waals surface area contributed by atoms with E-state index in [9.17, 15) is 5.11 Å². The first-order valence-electron chi connectivity index (χ1n) is 9.03. The SMILES string of the molecule is Cc1noc(C2CCCN(CC(O)CN3CCC(C)CC3)C2)n1. The molecule has 2 saturated heterocycles. The van der Waals surface area contributed by atoms with Gasteiger partial charge in [0.1, 0.15) is 0 Å². The molecule has 2 atom stereocenters. The lowest BCUT2D eigenvalue weighted by molar-refractivity contribution is 0.0513. The van der Waals surface area contributed by atoms with Gasteiger partial charge in [0.25, 0.3) is 0 Å². The molecule has 0 amide bonds. The van der Waals surface area contributed by atoms with Crippen LogP contribution in [0.1, 0.15) is 50.2 Å². The summed E-state index contributed by atoms with van der Waals surface area (Å²) in [5.41, 5.74) is 0. The largest absolute Gasteiger partial charge is 0.390 e. The predicted octanol–water partition coefficient (Wildman–Crippen LogP) is 1.65. The van der Waals surface area contributed by atoms with Crippen molar-refractivity contribution in [1.82, 2.24) is 19.9 Å². The van der Waals surface area contributed by atoms with Crippen LogP contribution in [0.15, 0.2) is 4.52 Å². The smallest absolute Gasteiger partial charge is 0.231 e. The lowest BCUT2D eigenvalue weighted by atomic mass is 9.97. The summed E-state index contributed by atoms with van der Waals surface area (Å²) >= 11 is 0. The molecule has 23 heavy (non-hydrogen) atoms. The van der Waals surface area contributed by atoms with Gasteiger partial charge in [-0.05, 0) is 58.2 Å². The first-order valence-corrected chi connectivity index (χ1v) is 9.03. The van der Waals surface area contributed by atoms with Crippen molar-refractivity contribution in [1.29, 1.82) is 0 Å². The third-order valence-corrected chi connectivity index (χ3v) is 5.21. The molecule has 3 rings (SSSR count). The molecule has 2 unspecified atom stereocenters. The van der Waals surface area contributed by atoms with Crippen LogP contribution in [0.5, 0.6) is 0 Å². The van der Waals surface area contributed by atoms with E-state index in [-0.39, 0.29) is 6.10 Å². The molecule has 1 aromatic heterocycles. The minimum atomic E-state index is -0.272. The van der Waals surface area contributed by atoms with Crippen molar-refractivity contribution in [2.45, 2.75) is 51.6 Å². The number of aliphatic hydroxyl groups is 1. The number of hydrogen-bond donors (Lipinski definition) is 1. The minimum Gasteiger partial charge on any atom is -0.390 e. The highest BCUT2D eigenvalue weighted by atomic mass is 16.5. The summed E-state index contributed by atoms with van der Waals surface area (Å²) in [5, 5.41) is 14.3. The molecule has 3 heterocycles. The zero-order valence-electron chi connectivity index (χ0n) is 14.4. The average molecular weight is 322 g/mol. The van der Waals surface area contributed by atoms with Crippen LogP contribution in [-0.2, 0) is 0 Å². The Labute approximate surface area is 138 Å². The normalized spacial score (nSPS) is 26.5. The molecule has 130 valence electrons. The number of aliphatic hydroxyl groups excluding tert-OH is 1. The Balaban J connectivity index is 1.45. The topological polar surface area (TPSA) is 65.6 Å². The molecule has 0 saturated carbocycles. The molecule has 0 aromatic carbocycles. The highest BCUT2D eigenvalue weighted by molar-refractivity contribution is 4.96. The molecule has 0 spiro atoms. The van der Waals surface area contributed by atoms with E-state index in [1.807, 2.05) is 6.92 Å². The number of nitrogens with zero attached hydrogens (tertiary/aromatic N) is 4. The summed E-state index contributed by atoms with van der Waals surface area (Å²) in [6.07, 6.45) is 4.47. The Morgan fingerprint density at radius 2 is 1.91 bits per heavy atom. The van der Waals surface area contributed by atoms with Crippen molar-refractivity contribution in [3.63, 3.8) is 0 Å². The van der Waals surface area contributed by atoms with E-state index < -0.39 is 0 Å². The zero-order chi connectivity index (χ0) is 16.2. The fourth-order valence-electron chi connectivity index (χ4n) is 3.80. The molecule has 0 radical (unpaired) electrons. The maximum Gasteiger partial charge on any atom is 0.231 e. The lowest BCUT2D eigenvalue weighted by Crippen LogP contribution is -2.45. The Bertz CT molecular complexity index is 485. The first kappa shape index (κ1) is 16.9. The number of β-amino-alcohol motifs (C(OH)–C–C–N with tert-alkyl or cyclic N) is 1. The summed E-state index contributed by atoms with van der Waals surface area (Å²) in [7, 11) is 0. The lowest BCUT2D eigenvalue weighted by Gasteiger charge is -2.35. The van der Waals surface area contributed by atoms with E-state index in [0.29, 0.717) is 11.7 Å². The predicted molar refractivity (Wildman–Crippen MR) is 88.3 cm³/mol. The van der Waals surface area contributed by atoms with Crippen LogP contribution in [0.25, 0.3) is 0 Å². The molecule has 1 aromatic rings. The van der Waals surface area contributed by atoms with Crippen molar-refractivity contribution in [3.05, 3.63) is 11.7 Å². The second-order valence-electron chi connectivity index (χ2n) is 7.42. The van der Waals surface area contributed by atoms with Crippen LogP contribution < -0.4 is 0 Å². The highest BCUT2D eigenvalue weighted by Crippen LogP contribution is 2.25. The second kappa shape index (κ2) is 7.73. The van der Waals surface area contributed by atoms with Crippen LogP contribution in [0.3, 0.4) is 0 Å². The van der Waals surface area contributed by atoms with Gasteiger partial charge in [-0.3, -0.25) is 4.90 Å². The quantitative estimate of drug-likeness (QED) is 0.889. The molecule has 6 nitrogen and oxygen atoms in total. The number of rotatable bonds is 5. The van der Waals surface area contributed by atoms with Crippen molar-refractivity contribution < 1.29 is 9.63 Å². The standard InChI is InChI=1S/C17H30N4O2/c1-13-5-8-20(9-6-13)11-16(22)12-21-7-3-4-15(10-21)17-18-14(2)19-23-17/h13,15-16,22H,3-12H2,1-2H3. The van der Waals surface area contributed by atoms with Gasteiger partial charge in [-0.25, -0.2) is 0 Å².